The van der Waals surface area contributed by atoms with Crippen LogP contribution < -0.4 is 10.6 Å². The van der Waals surface area contributed by atoms with Crippen LogP contribution in [0.25, 0.3) is 11.1 Å². The van der Waals surface area contributed by atoms with Gasteiger partial charge in [0.05, 0.1) is 18.3 Å². The molecule has 7 heteroatoms. The molecule has 1 aliphatic heterocycles. The minimum absolute atomic E-state index is 0.0663. The van der Waals surface area contributed by atoms with Crippen molar-refractivity contribution in [2.45, 2.75) is 12.5 Å². The Hall–Kier alpha value is -3.48. The first-order valence-corrected chi connectivity index (χ1v) is 8.11. The van der Waals surface area contributed by atoms with Gasteiger partial charge in [0.2, 0.25) is 11.8 Å². The van der Waals surface area contributed by atoms with E-state index >= 15 is 0 Å². The van der Waals surface area contributed by atoms with E-state index in [1.165, 1.54) is 22.9 Å². The fourth-order valence-electron chi connectivity index (χ4n) is 2.98. The normalized spacial score (nSPS) is 15.9. The molecule has 2 amide bonds. The lowest BCUT2D eigenvalue weighted by Gasteiger charge is -2.24. The topological polar surface area (TPSA) is 76.0 Å². The Labute approximate surface area is 148 Å². The summed E-state index contributed by atoms with van der Waals surface area (Å²) in [6.45, 7) is 0. The Balaban J connectivity index is 1.68. The van der Waals surface area contributed by atoms with E-state index in [-0.39, 0.29) is 18.0 Å². The molecule has 1 aliphatic rings. The van der Waals surface area contributed by atoms with Gasteiger partial charge in [0.25, 0.3) is 0 Å². The van der Waals surface area contributed by atoms with Crippen molar-refractivity contribution in [3.05, 3.63) is 66.6 Å². The maximum absolute atomic E-state index is 13.8. The average Bonchev–Trinajstić information content (AvgIpc) is 3.07. The van der Waals surface area contributed by atoms with Crippen molar-refractivity contribution < 1.29 is 14.0 Å². The molecule has 3 aromatic rings. The molecule has 4 rings (SSSR count). The molecule has 0 radical (unpaired) electrons. The predicted octanol–water partition coefficient (Wildman–Crippen LogP) is 3.21. The van der Waals surface area contributed by atoms with Gasteiger partial charge in [-0.05, 0) is 17.7 Å². The van der Waals surface area contributed by atoms with Crippen molar-refractivity contribution in [2.24, 2.45) is 0 Å². The quantitative estimate of drug-likeness (QED) is 0.762. The molecule has 0 aliphatic carbocycles. The van der Waals surface area contributed by atoms with Crippen LogP contribution >= 0.6 is 0 Å². The van der Waals surface area contributed by atoms with Gasteiger partial charge in [-0.25, -0.2) is 9.07 Å². The zero-order valence-electron chi connectivity index (χ0n) is 13.6. The largest absolute Gasteiger partial charge is 0.322 e. The lowest BCUT2D eigenvalue weighted by atomic mass is 10.1. The first kappa shape index (κ1) is 16.0. The van der Waals surface area contributed by atoms with E-state index in [1.807, 2.05) is 30.3 Å². The Morgan fingerprint density at radius 2 is 1.88 bits per heavy atom. The molecule has 130 valence electrons. The molecular weight excluding hydrogens is 335 g/mol. The number of carbonyl (C=O) groups is 2. The standard InChI is InChI=1S/C19H15FN4O2/c20-14-8-4-5-9-15(14)22-19(26)16-10-17(25)23-18-13(11-21-24(16)18)12-6-2-1-3-7-12/h1-9,11,16H,10H2,(H,22,26)(H,23,25). The number of nitrogens with zero attached hydrogens (tertiary/aromatic N) is 2. The smallest absolute Gasteiger partial charge is 0.249 e. The van der Waals surface area contributed by atoms with Gasteiger partial charge in [0, 0.05) is 5.56 Å². The molecule has 2 heterocycles. The van der Waals surface area contributed by atoms with Crippen LogP contribution in [0.15, 0.2) is 60.8 Å². The summed E-state index contributed by atoms with van der Waals surface area (Å²) < 4.78 is 15.3. The van der Waals surface area contributed by atoms with Crippen LogP contribution in [0.1, 0.15) is 12.5 Å². The minimum atomic E-state index is -0.851. The highest BCUT2D eigenvalue weighted by Crippen LogP contribution is 2.34. The number of carbonyl (C=O) groups excluding carboxylic acids is 2. The van der Waals surface area contributed by atoms with Crippen LogP contribution in [0.2, 0.25) is 0 Å². The highest BCUT2D eigenvalue weighted by atomic mass is 19.1. The van der Waals surface area contributed by atoms with E-state index in [4.69, 9.17) is 0 Å². The van der Waals surface area contributed by atoms with E-state index in [9.17, 15) is 14.0 Å². The summed E-state index contributed by atoms with van der Waals surface area (Å²) in [6, 6.07) is 14.5. The van der Waals surface area contributed by atoms with Crippen LogP contribution in [0.3, 0.4) is 0 Å². The number of hydrogen-bond acceptors (Lipinski definition) is 3. The van der Waals surface area contributed by atoms with Crippen LogP contribution in [0.5, 0.6) is 0 Å². The summed E-state index contributed by atoms with van der Waals surface area (Å²) in [5.41, 5.74) is 1.67. The van der Waals surface area contributed by atoms with Crippen LogP contribution in [0, 0.1) is 5.82 Å². The first-order valence-electron chi connectivity index (χ1n) is 8.11. The number of halogens is 1. The number of nitrogens with one attached hydrogen (secondary N) is 2. The van der Waals surface area contributed by atoms with Gasteiger partial charge in [0.15, 0.2) is 0 Å². The van der Waals surface area contributed by atoms with Gasteiger partial charge in [0.1, 0.15) is 17.7 Å². The summed E-state index contributed by atoms with van der Waals surface area (Å²) >= 11 is 0. The van der Waals surface area contributed by atoms with Crippen LogP contribution in [-0.4, -0.2) is 21.6 Å². The SMILES string of the molecule is O=C1CC(C(=O)Nc2ccccc2F)n2ncc(-c3ccccc3)c2N1. The summed E-state index contributed by atoms with van der Waals surface area (Å²) in [6.07, 6.45) is 1.54. The maximum atomic E-state index is 13.8. The Morgan fingerprint density at radius 1 is 1.15 bits per heavy atom. The Kier molecular flexibility index (Phi) is 3.96. The fourth-order valence-corrected chi connectivity index (χ4v) is 2.98. The van der Waals surface area contributed by atoms with Gasteiger partial charge < -0.3 is 10.6 Å². The summed E-state index contributed by atoms with van der Waals surface area (Å²) in [5, 5.41) is 9.59. The van der Waals surface area contributed by atoms with Crippen molar-refractivity contribution in [3.8, 4) is 11.1 Å². The Bertz CT molecular complexity index is 984. The van der Waals surface area contributed by atoms with E-state index in [0.29, 0.717) is 5.82 Å². The molecular formula is C19H15FN4O2. The number of fused-ring (bicyclic) bond motifs is 1. The van der Waals surface area contributed by atoms with Crippen molar-refractivity contribution in [1.82, 2.24) is 9.78 Å². The maximum Gasteiger partial charge on any atom is 0.249 e. The van der Waals surface area contributed by atoms with Crippen LogP contribution in [0.4, 0.5) is 15.9 Å². The molecule has 1 atom stereocenters. The highest BCUT2D eigenvalue weighted by molar-refractivity contribution is 6.03. The zero-order valence-corrected chi connectivity index (χ0v) is 13.6. The van der Waals surface area contributed by atoms with Crippen molar-refractivity contribution in [3.63, 3.8) is 0 Å². The monoisotopic (exact) mass is 350 g/mol. The molecule has 1 aromatic heterocycles. The lowest BCUT2D eigenvalue weighted by Crippen LogP contribution is -2.36. The van der Waals surface area contributed by atoms with E-state index < -0.39 is 17.8 Å². The van der Waals surface area contributed by atoms with Gasteiger partial charge in [-0.3, -0.25) is 9.59 Å². The third kappa shape index (κ3) is 2.83. The molecule has 26 heavy (non-hydrogen) atoms. The highest BCUT2D eigenvalue weighted by Gasteiger charge is 2.33. The summed E-state index contributed by atoms with van der Waals surface area (Å²) in [4.78, 5) is 24.8. The van der Waals surface area contributed by atoms with Crippen molar-refractivity contribution >= 4 is 23.3 Å². The molecule has 2 N–H and O–H groups in total. The van der Waals surface area contributed by atoms with Crippen LogP contribution in [-0.2, 0) is 9.59 Å². The second kappa shape index (κ2) is 6.44. The third-order valence-corrected chi connectivity index (χ3v) is 4.25. The fraction of sp³-hybridized carbons (Fsp3) is 0.105. The zero-order chi connectivity index (χ0) is 18.1. The van der Waals surface area contributed by atoms with Gasteiger partial charge in [-0.1, -0.05) is 42.5 Å². The number of anilines is 2. The number of hydrogen-bond donors (Lipinski definition) is 2. The average molecular weight is 350 g/mol. The number of aromatic nitrogens is 2. The van der Waals surface area contributed by atoms with Gasteiger partial charge >= 0.3 is 0 Å². The first-order chi connectivity index (χ1) is 12.6. The van der Waals surface area contributed by atoms with Crippen molar-refractivity contribution in [2.75, 3.05) is 10.6 Å². The number of amides is 2. The van der Waals surface area contributed by atoms with E-state index in [2.05, 4.69) is 15.7 Å². The second-order valence-electron chi connectivity index (χ2n) is 5.95. The summed E-state index contributed by atoms with van der Waals surface area (Å²) in [7, 11) is 0. The van der Waals surface area contributed by atoms with Gasteiger partial charge in [-0.15, -0.1) is 0 Å². The minimum Gasteiger partial charge on any atom is -0.322 e. The molecule has 0 saturated heterocycles. The molecule has 0 saturated carbocycles. The molecule has 2 aromatic carbocycles. The third-order valence-electron chi connectivity index (χ3n) is 4.25. The van der Waals surface area contributed by atoms with E-state index in [0.717, 1.165) is 11.1 Å². The predicted molar refractivity (Wildman–Crippen MR) is 95.0 cm³/mol. The molecule has 0 fully saturated rings. The lowest BCUT2D eigenvalue weighted by molar-refractivity contribution is -0.125. The second-order valence-corrected chi connectivity index (χ2v) is 5.95. The molecule has 6 nitrogen and oxygen atoms in total. The summed E-state index contributed by atoms with van der Waals surface area (Å²) in [5.74, 6) is -0.856. The number of para-hydroxylation sites is 1. The molecule has 0 spiro atoms. The number of benzene rings is 2. The Morgan fingerprint density at radius 3 is 2.65 bits per heavy atom. The van der Waals surface area contributed by atoms with Gasteiger partial charge in [-0.2, -0.15) is 5.10 Å². The molecule has 0 bridgehead atoms. The molecule has 1 unspecified atom stereocenters. The number of rotatable bonds is 3. The van der Waals surface area contributed by atoms with Crippen molar-refractivity contribution in [1.29, 1.82) is 0 Å². The van der Waals surface area contributed by atoms with E-state index in [1.54, 1.807) is 12.3 Å².